The standard InChI is InChI=1S/C13H18O3/c1-10(2)6-7-16-9-11-4-3-5-12(8-11)13(14)15/h3-5,8,10H,6-7,9H2,1-2H3,(H,14,15). The second kappa shape index (κ2) is 6.28. The maximum absolute atomic E-state index is 10.7. The number of hydrogen-bond acceptors (Lipinski definition) is 2. The number of hydrogen-bond donors (Lipinski definition) is 1. The maximum Gasteiger partial charge on any atom is 0.335 e. The lowest BCUT2D eigenvalue weighted by atomic mass is 10.1. The fraction of sp³-hybridized carbons (Fsp3) is 0.462. The van der Waals surface area contributed by atoms with Gasteiger partial charge in [0.05, 0.1) is 12.2 Å². The summed E-state index contributed by atoms with van der Waals surface area (Å²) in [4.78, 5) is 10.7. The van der Waals surface area contributed by atoms with Crippen molar-refractivity contribution in [1.29, 1.82) is 0 Å². The van der Waals surface area contributed by atoms with Gasteiger partial charge < -0.3 is 9.84 Å². The number of ether oxygens (including phenoxy) is 1. The molecule has 0 atom stereocenters. The van der Waals surface area contributed by atoms with Crippen molar-refractivity contribution >= 4 is 5.97 Å². The van der Waals surface area contributed by atoms with Crippen LogP contribution in [-0.2, 0) is 11.3 Å². The molecule has 3 nitrogen and oxygen atoms in total. The third-order valence-electron chi connectivity index (χ3n) is 2.28. The fourth-order valence-corrected chi connectivity index (χ4v) is 1.30. The van der Waals surface area contributed by atoms with Crippen LogP contribution in [0.1, 0.15) is 36.2 Å². The molecule has 0 spiro atoms. The average Bonchev–Trinajstić information content (AvgIpc) is 2.24. The van der Waals surface area contributed by atoms with E-state index in [1.807, 2.05) is 6.07 Å². The first-order valence-electron chi connectivity index (χ1n) is 5.49. The Morgan fingerprint density at radius 2 is 2.19 bits per heavy atom. The first-order valence-corrected chi connectivity index (χ1v) is 5.49. The van der Waals surface area contributed by atoms with Crippen LogP contribution in [0, 0.1) is 5.92 Å². The molecule has 0 heterocycles. The van der Waals surface area contributed by atoms with Gasteiger partial charge in [0.15, 0.2) is 0 Å². The molecule has 1 N–H and O–H groups in total. The first kappa shape index (κ1) is 12.7. The molecule has 0 unspecified atom stereocenters. The molecule has 0 aliphatic carbocycles. The zero-order valence-electron chi connectivity index (χ0n) is 9.77. The minimum atomic E-state index is -0.899. The second-order valence-corrected chi connectivity index (χ2v) is 4.24. The van der Waals surface area contributed by atoms with Crippen LogP contribution in [0.5, 0.6) is 0 Å². The van der Waals surface area contributed by atoms with Gasteiger partial charge in [0.1, 0.15) is 0 Å². The van der Waals surface area contributed by atoms with E-state index in [0.717, 1.165) is 18.6 Å². The lowest BCUT2D eigenvalue weighted by Crippen LogP contribution is -2.01. The fourth-order valence-electron chi connectivity index (χ4n) is 1.30. The molecule has 0 aliphatic heterocycles. The summed E-state index contributed by atoms with van der Waals surface area (Å²) in [5, 5.41) is 8.81. The minimum absolute atomic E-state index is 0.310. The molecule has 0 saturated carbocycles. The smallest absolute Gasteiger partial charge is 0.335 e. The monoisotopic (exact) mass is 222 g/mol. The molecular weight excluding hydrogens is 204 g/mol. The number of carbonyl (C=O) groups is 1. The van der Waals surface area contributed by atoms with Gasteiger partial charge in [-0.05, 0) is 30.0 Å². The zero-order valence-corrected chi connectivity index (χ0v) is 9.77. The van der Waals surface area contributed by atoms with Crippen LogP contribution in [0.25, 0.3) is 0 Å². The van der Waals surface area contributed by atoms with Gasteiger partial charge in [0, 0.05) is 6.61 Å². The van der Waals surface area contributed by atoms with Gasteiger partial charge in [-0.25, -0.2) is 4.79 Å². The van der Waals surface area contributed by atoms with E-state index in [1.54, 1.807) is 18.2 Å². The number of benzene rings is 1. The summed E-state index contributed by atoms with van der Waals surface area (Å²) in [5.74, 6) is -0.269. The van der Waals surface area contributed by atoms with Gasteiger partial charge >= 0.3 is 5.97 Å². The lowest BCUT2D eigenvalue weighted by Gasteiger charge is -2.06. The summed E-state index contributed by atoms with van der Waals surface area (Å²) in [5.41, 5.74) is 1.22. The van der Waals surface area contributed by atoms with E-state index in [-0.39, 0.29) is 0 Å². The Morgan fingerprint density at radius 1 is 1.44 bits per heavy atom. The highest BCUT2D eigenvalue weighted by Crippen LogP contribution is 2.07. The summed E-state index contributed by atoms with van der Waals surface area (Å²) >= 11 is 0. The molecule has 88 valence electrons. The van der Waals surface area contributed by atoms with Crippen molar-refractivity contribution in [3.05, 3.63) is 35.4 Å². The molecule has 0 amide bonds. The normalized spacial score (nSPS) is 10.7. The first-order chi connectivity index (χ1) is 7.59. The van der Waals surface area contributed by atoms with Gasteiger partial charge in [0.25, 0.3) is 0 Å². The Bertz CT molecular complexity index is 345. The Morgan fingerprint density at radius 3 is 2.81 bits per heavy atom. The summed E-state index contributed by atoms with van der Waals surface area (Å²) < 4.78 is 5.47. The third-order valence-corrected chi connectivity index (χ3v) is 2.28. The predicted octanol–water partition coefficient (Wildman–Crippen LogP) is 2.95. The van der Waals surface area contributed by atoms with Crippen molar-refractivity contribution in [3.8, 4) is 0 Å². The van der Waals surface area contributed by atoms with Crippen LogP contribution in [-0.4, -0.2) is 17.7 Å². The number of carboxylic acids is 1. The molecule has 0 saturated heterocycles. The van der Waals surface area contributed by atoms with E-state index in [9.17, 15) is 4.79 Å². The SMILES string of the molecule is CC(C)CCOCc1cccc(C(=O)O)c1. The number of carboxylic acid groups (broad SMARTS) is 1. The molecule has 0 radical (unpaired) electrons. The molecule has 1 aromatic rings. The van der Waals surface area contributed by atoms with Crippen LogP contribution in [0.15, 0.2) is 24.3 Å². The second-order valence-electron chi connectivity index (χ2n) is 4.24. The topological polar surface area (TPSA) is 46.5 Å². The quantitative estimate of drug-likeness (QED) is 0.753. The van der Waals surface area contributed by atoms with Gasteiger partial charge in [-0.3, -0.25) is 0 Å². The van der Waals surface area contributed by atoms with Crippen molar-refractivity contribution in [3.63, 3.8) is 0 Å². The van der Waals surface area contributed by atoms with E-state index < -0.39 is 5.97 Å². The molecule has 0 aromatic heterocycles. The molecule has 1 rings (SSSR count). The van der Waals surface area contributed by atoms with E-state index in [4.69, 9.17) is 9.84 Å². The molecule has 16 heavy (non-hydrogen) atoms. The van der Waals surface area contributed by atoms with Gasteiger partial charge in [0.2, 0.25) is 0 Å². The Kier molecular flexibility index (Phi) is 4.99. The third kappa shape index (κ3) is 4.45. The van der Waals surface area contributed by atoms with Crippen LogP contribution in [0.3, 0.4) is 0 Å². The van der Waals surface area contributed by atoms with Crippen LogP contribution in [0.2, 0.25) is 0 Å². The molecular formula is C13H18O3. The highest BCUT2D eigenvalue weighted by Gasteiger charge is 2.03. The summed E-state index contributed by atoms with van der Waals surface area (Å²) in [6.45, 7) is 5.49. The molecule has 0 fully saturated rings. The lowest BCUT2D eigenvalue weighted by molar-refractivity contribution is 0.0696. The van der Waals surface area contributed by atoms with Crippen LogP contribution >= 0.6 is 0 Å². The largest absolute Gasteiger partial charge is 0.478 e. The number of aromatic carboxylic acids is 1. The average molecular weight is 222 g/mol. The zero-order chi connectivity index (χ0) is 12.0. The van der Waals surface area contributed by atoms with E-state index >= 15 is 0 Å². The van der Waals surface area contributed by atoms with Crippen molar-refractivity contribution < 1.29 is 14.6 Å². The Balaban J connectivity index is 2.42. The molecule has 0 bridgehead atoms. The summed E-state index contributed by atoms with van der Waals surface area (Å²) in [6.07, 6.45) is 1.03. The maximum atomic E-state index is 10.7. The van der Waals surface area contributed by atoms with Crippen molar-refractivity contribution in [2.75, 3.05) is 6.61 Å². The van der Waals surface area contributed by atoms with E-state index in [2.05, 4.69) is 13.8 Å². The minimum Gasteiger partial charge on any atom is -0.478 e. The molecule has 0 aliphatic rings. The summed E-state index contributed by atoms with van der Waals surface area (Å²) in [6, 6.07) is 6.85. The molecule has 1 aromatic carbocycles. The Labute approximate surface area is 96.1 Å². The van der Waals surface area contributed by atoms with Gasteiger partial charge in [-0.2, -0.15) is 0 Å². The van der Waals surface area contributed by atoms with Crippen LogP contribution in [0.4, 0.5) is 0 Å². The molecule has 3 heteroatoms. The highest BCUT2D eigenvalue weighted by atomic mass is 16.5. The van der Waals surface area contributed by atoms with Gasteiger partial charge in [-0.15, -0.1) is 0 Å². The number of rotatable bonds is 6. The van der Waals surface area contributed by atoms with E-state index in [1.165, 1.54) is 0 Å². The highest BCUT2D eigenvalue weighted by molar-refractivity contribution is 5.87. The van der Waals surface area contributed by atoms with Crippen molar-refractivity contribution in [1.82, 2.24) is 0 Å². The van der Waals surface area contributed by atoms with Crippen LogP contribution < -0.4 is 0 Å². The summed E-state index contributed by atoms with van der Waals surface area (Å²) in [7, 11) is 0. The Hall–Kier alpha value is -1.35. The van der Waals surface area contributed by atoms with Crippen molar-refractivity contribution in [2.24, 2.45) is 5.92 Å². The van der Waals surface area contributed by atoms with E-state index in [0.29, 0.717) is 18.1 Å². The van der Waals surface area contributed by atoms with Gasteiger partial charge in [-0.1, -0.05) is 26.0 Å². The predicted molar refractivity (Wildman–Crippen MR) is 62.5 cm³/mol. The van der Waals surface area contributed by atoms with Crippen molar-refractivity contribution in [2.45, 2.75) is 26.9 Å².